The summed E-state index contributed by atoms with van der Waals surface area (Å²) in [6.45, 7) is 1.02. The second kappa shape index (κ2) is 10.1. The molecule has 1 atom stereocenters. The summed E-state index contributed by atoms with van der Waals surface area (Å²) in [6, 6.07) is 11.1. The van der Waals surface area contributed by atoms with Gasteiger partial charge in [-0.3, -0.25) is 9.59 Å². The van der Waals surface area contributed by atoms with Crippen molar-refractivity contribution < 1.29 is 27.5 Å². The molecule has 2 heterocycles. The van der Waals surface area contributed by atoms with Crippen LogP contribution in [0.3, 0.4) is 0 Å². The number of aryl methyl sites for hydroxylation is 1. The third kappa shape index (κ3) is 5.37. The number of sulfonamides is 1. The van der Waals surface area contributed by atoms with Crippen molar-refractivity contribution in [2.45, 2.75) is 35.9 Å². The molecule has 1 unspecified atom stereocenters. The molecule has 1 aromatic heterocycles. The molecule has 1 aromatic carbocycles. The quantitative estimate of drug-likeness (QED) is 0.611. The molecule has 1 fully saturated rings. The molecule has 1 N–H and O–H groups in total. The van der Waals surface area contributed by atoms with Gasteiger partial charge in [0, 0.05) is 18.0 Å². The number of nitrogens with one attached hydrogen (secondary N) is 1. The molecular weight excluding hydrogens is 452 g/mol. The number of hydrogen-bond acceptors (Lipinski definition) is 7. The summed E-state index contributed by atoms with van der Waals surface area (Å²) in [4.78, 5) is 25.1. The van der Waals surface area contributed by atoms with Gasteiger partial charge < -0.3 is 14.8 Å². The number of thiophene rings is 1. The van der Waals surface area contributed by atoms with Gasteiger partial charge in [-0.2, -0.15) is 4.31 Å². The van der Waals surface area contributed by atoms with Gasteiger partial charge in [-0.1, -0.05) is 24.3 Å². The number of morpholine rings is 1. The molecule has 32 heavy (non-hydrogen) atoms. The maximum atomic E-state index is 12.7. The number of fused-ring (bicyclic) bond motifs is 1. The maximum absolute atomic E-state index is 12.7. The molecule has 2 aromatic rings. The second-order valence-electron chi connectivity index (χ2n) is 7.79. The van der Waals surface area contributed by atoms with Crippen molar-refractivity contribution in [3.05, 3.63) is 52.4 Å². The minimum Gasteiger partial charge on any atom is -0.455 e. The lowest BCUT2D eigenvalue weighted by atomic mass is 9.88. The Labute approximate surface area is 191 Å². The van der Waals surface area contributed by atoms with Crippen molar-refractivity contribution in [2.75, 3.05) is 32.9 Å². The van der Waals surface area contributed by atoms with E-state index in [1.807, 2.05) is 18.2 Å². The Balaban J connectivity index is 1.27. The molecule has 0 bridgehead atoms. The Morgan fingerprint density at radius 2 is 1.94 bits per heavy atom. The number of amides is 1. The fourth-order valence-electron chi connectivity index (χ4n) is 3.99. The van der Waals surface area contributed by atoms with Crippen LogP contribution in [0.15, 0.2) is 40.6 Å². The predicted octanol–water partition coefficient (Wildman–Crippen LogP) is 2.05. The lowest BCUT2D eigenvalue weighted by Gasteiger charge is -2.26. The zero-order valence-corrected chi connectivity index (χ0v) is 19.3. The Kier molecular flexibility index (Phi) is 7.24. The number of hydrogen-bond donors (Lipinski definition) is 1. The predicted molar refractivity (Wildman–Crippen MR) is 119 cm³/mol. The van der Waals surface area contributed by atoms with E-state index in [-0.39, 0.29) is 29.2 Å². The lowest BCUT2D eigenvalue weighted by molar-refractivity contribution is -0.148. The van der Waals surface area contributed by atoms with Crippen LogP contribution in [0.4, 0.5) is 0 Å². The summed E-state index contributed by atoms with van der Waals surface area (Å²) in [5.41, 5.74) is 2.35. The van der Waals surface area contributed by atoms with E-state index in [2.05, 4.69) is 11.4 Å². The average Bonchev–Trinajstić information content (AvgIpc) is 3.28. The number of carbonyl (C=O) groups is 2. The highest BCUT2D eigenvalue weighted by atomic mass is 32.2. The van der Waals surface area contributed by atoms with E-state index >= 15 is 0 Å². The molecule has 1 saturated heterocycles. The molecule has 4 rings (SSSR count). The van der Waals surface area contributed by atoms with E-state index in [1.165, 1.54) is 15.9 Å². The van der Waals surface area contributed by atoms with Crippen LogP contribution in [0, 0.1) is 0 Å². The topological polar surface area (TPSA) is 102 Å². The molecule has 2 aliphatic rings. The van der Waals surface area contributed by atoms with E-state index in [4.69, 9.17) is 9.47 Å². The molecule has 1 amide bonds. The SMILES string of the molecule is O=C(COC(=O)Cc1ccc(S(=O)(=O)N2CCOCC2)s1)NC1CCCc2ccccc21. The van der Waals surface area contributed by atoms with E-state index in [0.717, 1.165) is 36.2 Å². The highest BCUT2D eigenvalue weighted by molar-refractivity contribution is 7.91. The normalized spacial score (nSPS) is 19.2. The first-order valence-electron chi connectivity index (χ1n) is 10.6. The third-order valence-corrected chi connectivity index (χ3v) is 9.04. The number of nitrogens with zero attached hydrogens (tertiary/aromatic N) is 1. The number of carbonyl (C=O) groups excluding carboxylic acids is 2. The smallest absolute Gasteiger partial charge is 0.311 e. The van der Waals surface area contributed by atoms with Crippen molar-refractivity contribution in [3.8, 4) is 0 Å². The van der Waals surface area contributed by atoms with Gasteiger partial charge in [0.15, 0.2) is 6.61 Å². The number of esters is 1. The highest BCUT2D eigenvalue weighted by Gasteiger charge is 2.28. The Morgan fingerprint density at radius 1 is 1.16 bits per heavy atom. The van der Waals surface area contributed by atoms with Crippen molar-refractivity contribution in [3.63, 3.8) is 0 Å². The summed E-state index contributed by atoms with van der Waals surface area (Å²) in [5.74, 6) is -0.914. The zero-order chi connectivity index (χ0) is 22.6. The van der Waals surface area contributed by atoms with Crippen molar-refractivity contribution in [1.29, 1.82) is 0 Å². The van der Waals surface area contributed by atoms with Crippen LogP contribution in [-0.4, -0.2) is 57.5 Å². The minimum atomic E-state index is -3.59. The van der Waals surface area contributed by atoms with E-state index in [9.17, 15) is 18.0 Å². The standard InChI is InChI=1S/C22H26N2O6S2/c25-20(23-19-7-3-5-16-4-1-2-6-18(16)19)15-30-21(26)14-17-8-9-22(31-17)32(27,28)24-10-12-29-13-11-24/h1-2,4,6,8-9,19H,3,5,7,10-15H2,(H,23,25). The average molecular weight is 479 g/mol. The molecule has 0 radical (unpaired) electrons. The fourth-order valence-corrected chi connectivity index (χ4v) is 6.89. The largest absolute Gasteiger partial charge is 0.455 e. The van der Waals surface area contributed by atoms with Crippen molar-refractivity contribution >= 4 is 33.2 Å². The van der Waals surface area contributed by atoms with Gasteiger partial charge in [0.2, 0.25) is 0 Å². The summed E-state index contributed by atoms with van der Waals surface area (Å²) < 4.78 is 37.3. The van der Waals surface area contributed by atoms with Gasteiger partial charge >= 0.3 is 5.97 Å². The summed E-state index contributed by atoms with van der Waals surface area (Å²) in [7, 11) is -3.59. The first kappa shape index (κ1) is 22.9. The molecular formula is C22H26N2O6S2. The van der Waals surface area contributed by atoms with Crippen LogP contribution in [0.25, 0.3) is 0 Å². The molecule has 10 heteroatoms. The summed E-state index contributed by atoms with van der Waals surface area (Å²) >= 11 is 1.04. The van der Waals surface area contributed by atoms with Crippen LogP contribution in [0.1, 0.15) is 34.9 Å². The minimum absolute atomic E-state index is 0.0728. The van der Waals surface area contributed by atoms with Crippen LogP contribution in [0.5, 0.6) is 0 Å². The Morgan fingerprint density at radius 3 is 2.75 bits per heavy atom. The fraction of sp³-hybridized carbons (Fsp3) is 0.455. The van der Waals surface area contributed by atoms with E-state index in [0.29, 0.717) is 31.2 Å². The van der Waals surface area contributed by atoms with Crippen molar-refractivity contribution in [1.82, 2.24) is 9.62 Å². The Hall–Kier alpha value is -2.27. The van der Waals surface area contributed by atoms with Gasteiger partial charge in [0.25, 0.3) is 15.9 Å². The summed E-state index contributed by atoms with van der Waals surface area (Å²) in [5, 5.41) is 2.95. The van der Waals surface area contributed by atoms with Gasteiger partial charge in [-0.25, -0.2) is 8.42 Å². The number of benzene rings is 1. The first-order chi connectivity index (χ1) is 15.4. The van der Waals surface area contributed by atoms with Gasteiger partial charge in [0.1, 0.15) is 4.21 Å². The molecule has 8 nitrogen and oxygen atoms in total. The lowest BCUT2D eigenvalue weighted by Crippen LogP contribution is -2.40. The van der Waals surface area contributed by atoms with Crippen molar-refractivity contribution in [2.24, 2.45) is 0 Å². The van der Waals surface area contributed by atoms with Gasteiger partial charge in [0.05, 0.1) is 25.7 Å². The Bertz CT molecular complexity index is 1080. The highest BCUT2D eigenvalue weighted by Crippen LogP contribution is 2.29. The first-order valence-corrected chi connectivity index (χ1v) is 12.9. The maximum Gasteiger partial charge on any atom is 0.311 e. The van der Waals surface area contributed by atoms with E-state index in [1.54, 1.807) is 6.07 Å². The zero-order valence-electron chi connectivity index (χ0n) is 17.6. The second-order valence-corrected chi connectivity index (χ2v) is 11.1. The van der Waals surface area contributed by atoms with Crippen LogP contribution >= 0.6 is 11.3 Å². The monoisotopic (exact) mass is 478 g/mol. The molecule has 0 saturated carbocycles. The summed E-state index contributed by atoms with van der Waals surface area (Å²) in [6.07, 6.45) is 2.77. The van der Waals surface area contributed by atoms with Gasteiger partial charge in [-0.15, -0.1) is 11.3 Å². The molecule has 0 spiro atoms. The van der Waals surface area contributed by atoms with Crippen LogP contribution < -0.4 is 5.32 Å². The number of rotatable bonds is 7. The number of ether oxygens (including phenoxy) is 2. The van der Waals surface area contributed by atoms with Crippen LogP contribution in [-0.2, 0) is 41.9 Å². The molecule has 1 aliphatic carbocycles. The molecule has 172 valence electrons. The van der Waals surface area contributed by atoms with E-state index < -0.39 is 16.0 Å². The van der Waals surface area contributed by atoms with Gasteiger partial charge in [-0.05, 0) is 42.5 Å². The molecule has 1 aliphatic heterocycles. The van der Waals surface area contributed by atoms with Crippen LogP contribution in [0.2, 0.25) is 0 Å². The third-order valence-electron chi connectivity index (χ3n) is 5.59.